The Balaban J connectivity index is 1.33. The third-order valence-corrected chi connectivity index (χ3v) is 11.4. The fourth-order valence-corrected chi connectivity index (χ4v) is 7.66. The number of amides is 4. The Labute approximate surface area is 414 Å². The number of anilines is 4. The van der Waals surface area contributed by atoms with Crippen molar-refractivity contribution < 1.29 is 55.1 Å². The van der Waals surface area contributed by atoms with Crippen LogP contribution in [0.3, 0.4) is 0 Å². The van der Waals surface area contributed by atoms with Gasteiger partial charge in [-0.15, -0.1) is 0 Å². The van der Waals surface area contributed by atoms with E-state index >= 15 is 0 Å². The largest absolute Gasteiger partial charge is 0.419 e. The number of rotatable bonds is 16. The Hall–Kier alpha value is -6.74. The van der Waals surface area contributed by atoms with Gasteiger partial charge >= 0.3 is 12.4 Å². The van der Waals surface area contributed by atoms with E-state index in [1.807, 2.05) is 0 Å². The molecule has 4 N–H and O–H groups in total. The van der Waals surface area contributed by atoms with E-state index in [1.54, 1.807) is 13.8 Å². The Morgan fingerprint density at radius 3 is 1.27 bits per heavy atom. The van der Waals surface area contributed by atoms with Crippen molar-refractivity contribution in [1.29, 1.82) is 0 Å². The van der Waals surface area contributed by atoms with Crippen LogP contribution in [-0.4, -0.2) is 47.3 Å². The molecular formula is C46H36Cl4F6N8O6. The van der Waals surface area contributed by atoms with E-state index in [1.165, 1.54) is 60.7 Å². The van der Waals surface area contributed by atoms with Gasteiger partial charge in [0.25, 0.3) is 23.6 Å². The lowest BCUT2D eigenvalue weighted by molar-refractivity contribution is -0.137. The van der Waals surface area contributed by atoms with Crippen molar-refractivity contribution in [3.63, 3.8) is 0 Å². The molecule has 366 valence electrons. The van der Waals surface area contributed by atoms with Crippen LogP contribution in [0.15, 0.2) is 105 Å². The third kappa shape index (κ3) is 12.9. The normalized spacial score (nSPS) is 12.7. The second-order valence-electron chi connectivity index (χ2n) is 14.8. The Morgan fingerprint density at radius 2 is 0.914 bits per heavy atom. The van der Waals surface area contributed by atoms with Crippen molar-refractivity contribution in [2.45, 2.75) is 65.0 Å². The second-order valence-corrected chi connectivity index (χ2v) is 16.4. The molecule has 0 radical (unpaired) electrons. The highest BCUT2D eigenvalue weighted by Gasteiger charge is 2.38. The fraction of sp³-hybridized carbons (Fsp3) is 0.217. The number of aryl methyl sites for hydroxylation is 2. The van der Waals surface area contributed by atoms with Crippen LogP contribution in [0.4, 0.5) is 60.5 Å². The van der Waals surface area contributed by atoms with Gasteiger partial charge in [-0.05, 0) is 98.5 Å². The number of halogens is 10. The molecule has 14 nitrogen and oxygen atoms in total. The summed E-state index contributed by atoms with van der Waals surface area (Å²) in [5, 5.41) is 23.1. The minimum atomic E-state index is -4.91. The molecule has 0 aliphatic rings. The summed E-state index contributed by atoms with van der Waals surface area (Å²) in [6.45, 7) is 5.60. The highest BCUT2D eigenvalue weighted by Crippen LogP contribution is 2.42. The molecule has 5 rings (SSSR count). The zero-order valence-corrected chi connectivity index (χ0v) is 39.7. The van der Waals surface area contributed by atoms with Crippen LogP contribution >= 0.6 is 46.4 Å². The molecule has 0 spiro atoms. The number of ketones is 2. The van der Waals surface area contributed by atoms with E-state index < -0.39 is 92.2 Å². The number of azo groups is 2. The summed E-state index contributed by atoms with van der Waals surface area (Å²) in [5.74, 6) is -5.52. The van der Waals surface area contributed by atoms with Gasteiger partial charge in [-0.3, -0.25) is 28.8 Å². The molecule has 70 heavy (non-hydrogen) atoms. The van der Waals surface area contributed by atoms with Gasteiger partial charge in [0.05, 0.1) is 53.7 Å². The van der Waals surface area contributed by atoms with Crippen LogP contribution in [-0.2, 0) is 44.4 Å². The van der Waals surface area contributed by atoms with Crippen molar-refractivity contribution >= 4 is 116 Å². The zero-order chi connectivity index (χ0) is 51.8. The fourth-order valence-electron chi connectivity index (χ4n) is 6.59. The number of nitrogens with zero attached hydrogens (tertiary/aromatic N) is 4. The first-order chi connectivity index (χ1) is 32.9. The smallest absolute Gasteiger partial charge is 0.324 e. The van der Waals surface area contributed by atoms with E-state index in [2.05, 4.69) is 41.7 Å². The molecule has 2 unspecified atom stereocenters. The quantitative estimate of drug-likeness (QED) is 0.0430. The van der Waals surface area contributed by atoms with Crippen LogP contribution in [0.2, 0.25) is 20.1 Å². The molecular weight excluding hydrogens is 1020 g/mol. The van der Waals surface area contributed by atoms with Crippen molar-refractivity contribution in [3.05, 3.63) is 138 Å². The predicted octanol–water partition coefficient (Wildman–Crippen LogP) is 13.3. The lowest BCUT2D eigenvalue weighted by atomic mass is 10.0. The van der Waals surface area contributed by atoms with Gasteiger partial charge in [-0.25, -0.2) is 0 Å². The summed E-state index contributed by atoms with van der Waals surface area (Å²) < 4.78 is 82.2. The highest BCUT2D eigenvalue weighted by atomic mass is 35.5. The monoisotopic (exact) mass is 1050 g/mol. The summed E-state index contributed by atoms with van der Waals surface area (Å²) >= 11 is 24.4. The Kier molecular flexibility index (Phi) is 17.6. The molecule has 0 heterocycles. The van der Waals surface area contributed by atoms with Crippen LogP contribution in [0, 0.1) is 0 Å². The van der Waals surface area contributed by atoms with Gasteiger partial charge < -0.3 is 21.3 Å². The SMILES string of the molecule is CCc1cc(NC(=O)C(N=Nc2cccc(C(=O)Nc3cccc(Cl)c3C(F)(F)F)c2Cl)C(C)=O)cc(CC)c1NC(=O)C(N=Nc1cccc(C(=O)Nc2cccc(Cl)c2C(F)(F)F)c1Cl)C(C)=O. The molecule has 4 amide bonds. The van der Waals surface area contributed by atoms with Crippen LogP contribution in [0.25, 0.3) is 0 Å². The summed E-state index contributed by atoms with van der Waals surface area (Å²) in [5.41, 5.74) is -3.54. The summed E-state index contributed by atoms with van der Waals surface area (Å²) in [7, 11) is 0. The molecule has 24 heteroatoms. The minimum absolute atomic E-state index is 0.167. The summed E-state index contributed by atoms with van der Waals surface area (Å²) in [6.07, 6.45) is -9.30. The number of hydrogen-bond donors (Lipinski definition) is 4. The molecule has 0 saturated carbocycles. The highest BCUT2D eigenvalue weighted by molar-refractivity contribution is 6.37. The number of nitrogens with one attached hydrogen (secondary N) is 4. The minimum Gasteiger partial charge on any atom is -0.324 e. The van der Waals surface area contributed by atoms with Crippen molar-refractivity contribution in [1.82, 2.24) is 0 Å². The molecule has 0 aliphatic carbocycles. The van der Waals surface area contributed by atoms with E-state index in [4.69, 9.17) is 46.4 Å². The van der Waals surface area contributed by atoms with Gasteiger partial charge in [0, 0.05) is 11.4 Å². The standard InChI is InChI=1S/C46H36Cl4F6N8O6/c1-5-23-19-25(57-43(69)38(21(3)65)63-61-32-17-7-11-26(36(32)49)41(67)58-30-15-9-13-28(47)34(30)45(51,52)53)20-24(6-2)40(23)60-44(70)39(22(4)66)64-62-33-18-8-12-27(37(33)50)42(68)59-31-16-10-14-29(48)35(31)46(54,55)56/h7-20,38-39H,5-6H2,1-4H3,(H,57,69)(H,58,67)(H,59,68)(H,60,70). The molecule has 5 aromatic rings. The lowest BCUT2D eigenvalue weighted by Crippen LogP contribution is -2.33. The number of benzene rings is 5. The molecule has 5 aromatic carbocycles. The lowest BCUT2D eigenvalue weighted by Gasteiger charge is -2.19. The molecule has 0 fully saturated rings. The Morgan fingerprint density at radius 1 is 0.543 bits per heavy atom. The topological polar surface area (TPSA) is 200 Å². The maximum absolute atomic E-state index is 13.7. The first-order valence-corrected chi connectivity index (χ1v) is 21.9. The van der Waals surface area contributed by atoms with Crippen molar-refractivity contribution in [3.8, 4) is 0 Å². The zero-order valence-electron chi connectivity index (χ0n) is 36.7. The van der Waals surface area contributed by atoms with Crippen molar-refractivity contribution in [2.24, 2.45) is 20.5 Å². The first kappa shape index (κ1) is 54.2. The van der Waals surface area contributed by atoms with Gasteiger partial charge in [-0.1, -0.05) is 84.5 Å². The van der Waals surface area contributed by atoms with Crippen LogP contribution in [0.5, 0.6) is 0 Å². The number of carbonyl (C=O) groups excluding carboxylic acids is 6. The average molecular weight is 1050 g/mol. The van der Waals surface area contributed by atoms with Gasteiger partial charge in [0.1, 0.15) is 11.4 Å². The van der Waals surface area contributed by atoms with E-state index in [0.717, 1.165) is 38.1 Å². The average Bonchev–Trinajstić information content (AvgIpc) is 3.26. The van der Waals surface area contributed by atoms with Crippen LogP contribution < -0.4 is 21.3 Å². The van der Waals surface area contributed by atoms with E-state index in [9.17, 15) is 55.1 Å². The van der Waals surface area contributed by atoms with Crippen LogP contribution in [0.1, 0.15) is 70.7 Å². The maximum Gasteiger partial charge on any atom is 0.419 e. The number of alkyl halides is 6. The Bertz CT molecular complexity index is 2940. The summed E-state index contributed by atoms with van der Waals surface area (Å²) in [4.78, 5) is 78.9. The molecule has 0 aromatic heterocycles. The number of carbonyl (C=O) groups is 6. The van der Waals surface area contributed by atoms with E-state index in [-0.39, 0.29) is 56.8 Å². The van der Waals surface area contributed by atoms with E-state index in [0.29, 0.717) is 11.1 Å². The predicted molar refractivity (Wildman–Crippen MR) is 252 cm³/mol. The second kappa shape index (κ2) is 22.8. The molecule has 0 saturated heterocycles. The maximum atomic E-state index is 13.7. The molecule has 0 bridgehead atoms. The first-order valence-electron chi connectivity index (χ1n) is 20.4. The van der Waals surface area contributed by atoms with Gasteiger partial charge in [-0.2, -0.15) is 46.8 Å². The van der Waals surface area contributed by atoms with Gasteiger partial charge in [0.2, 0.25) is 12.1 Å². The number of Topliss-reactive ketones (excluding diaryl/α,β-unsaturated/α-hetero) is 2. The summed E-state index contributed by atoms with van der Waals surface area (Å²) in [6, 6.07) is 13.4. The van der Waals surface area contributed by atoms with Gasteiger partial charge in [0.15, 0.2) is 11.6 Å². The number of hydrogen-bond acceptors (Lipinski definition) is 10. The molecule has 0 aliphatic heterocycles. The molecule has 2 atom stereocenters. The van der Waals surface area contributed by atoms with Crippen molar-refractivity contribution in [2.75, 3.05) is 21.3 Å². The third-order valence-electron chi connectivity index (χ3n) is 9.94.